The molecule has 2 amide bonds. The standard InChI is InChI=1S/C14H17N3O2/c1-19-12-6-4-11(5-7-12)16-13(18)17-14(10-15)8-2-3-9-14/h4-7H,2-3,8-9H2,1H3,(H2,16,17,18). The number of nitriles is 1. The highest BCUT2D eigenvalue weighted by Gasteiger charge is 2.35. The molecule has 0 atom stereocenters. The summed E-state index contributed by atoms with van der Waals surface area (Å²) in [4.78, 5) is 11.9. The Balaban J connectivity index is 1.95. The molecule has 0 saturated heterocycles. The van der Waals surface area contributed by atoms with Crippen LogP contribution in [0.4, 0.5) is 10.5 Å². The van der Waals surface area contributed by atoms with Crippen LogP contribution in [-0.4, -0.2) is 18.7 Å². The van der Waals surface area contributed by atoms with Crippen LogP contribution in [0.2, 0.25) is 0 Å². The van der Waals surface area contributed by atoms with Crippen molar-refractivity contribution in [3.63, 3.8) is 0 Å². The van der Waals surface area contributed by atoms with Crippen molar-refractivity contribution in [2.24, 2.45) is 0 Å². The number of anilines is 1. The second-order valence-corrected chi connectivity index (χ2v) is 4.71. The van der Waals surface area contributed by atoms with Crippen LogP contribution in [0.1, 0.15) is 25.7 Å². The Bertz CT molecular complexity index is 484. The highest BCUT2D eigenvalue weighted by atomic mass is 16.5. The molecular formula is C14H17N3O2. The van der Waals surface area contributed by atoms with Gasteiger partial charge in [-0.3, -0.25) is 0 Å². The number of hydrogen-bond donors (Lipinski definition) is 2. The van der Waals surface area contributed by atoms with Gasteiger partial charge in [0.25, 0.3) is 0 Å². The number of methoxy groups -OCH3 is 1. The zero-order valence-electron chi connectivity index (χ0n) is 10.9. The first kappa shape index (κ1) is 13.2. The number of rotatable bonds is 3. The van der Waals surface area contributed by atoms with Crippen molar-refractivity contribution in [1.29, 1.82) is 5.26 Å². The van der Waals surface area contributed by atoms with Gasteiger partial charge in [-0.05, 0) is 49.9 Å². The number of urea groups is 1. The minimum absolute atomic E-state index is 0.339. The topological polar surface area (TPSA) is 74.2 Å². The molecule has 0 unspecified atom stereocenters. The molecule has 0 heterocycles. The number of carbonyl (C=O) groups excluding carboxylic acids is 1. The van der Waals surface area contributed by atoms with E-state index in [4.69, 9.17) is 4.74 Å². The lowest BCUT2D eigenvalue weighted by molar-refractivity contribution is 0.244. The fourth-order valence-corrected chi connectivity index (χ4v) is 2.30. The molecule has 1 saturated carbocycles. The normalized spacial score (nSPS) is 16.4. The Morgan fingerprint density at radius 3 is 2.47 bits per heavy atom. The van der Waals surface area contributed by atoms with Crippen LogP contribution in [-0.2, 0) is 0 Å². The smallest absolute Gasteiger partial charge is 0.320 e. The summed E-state index contributed by atoms with van der Waals surface area (Å²) >= 11 is 0. The van der Waals surface area contributed by atoms with E-state index in [0.29, 0.717) is 5.69 Å². The summed E-state index contributed by atoms with van der Waals surface area (Å²) in [7, 11) is 1.59. The molecule has 1 aromatic carbocycles. The van der Waals surface area contributed by atoms with E-state index in [9.17, 15) is 10.1 Å². The molecule has 0 aromatic heterocycles. The van der Waals surface area contributed by atoms with Gasteiger partial charge in [-0.15, -0.1) is 0 Å². The number of ether oxygens (including phenoxy) is 1. The molecule has 0 bridgehead atoms. The predicted molar refractivity (Wildman–Crippen MR) is 72.0 cm³/mol. The summed E-state index contributed by atoms with van der Waals surface area (Å²) < 4.78 is 5.04. The summed E-state index contributed by atoms with van der Waals surface area (Å²) in [5.41, 5.74) is -0.0271. The molecule has 100 valence electrons. The van der Waals surface area contributed by atoms with Crippen LogP contribution in [0.5, 0.6) is 5.75 Å². The summed E-state index contributed by atoms with van der Waals surface area (Å²) in [5, 5.41) is 14.7. The SMILES string of the molecule is COc1ccc(NC(=O)NC2(C#N)CCCC2)cc1. The lowest BCUT2D eigenvalue weighted by atomic mass is 10.0. The third kappa shape index (κ3) is 3.16. The molecule has 0 spiro atoms. The molecule has 2 rings (SSSR count). The largest absolute Gasteiger partial charge is 0.497 e. The minimum Gasteiger partial charge on any atom is -0.497 e. The molecule has 0 aliphatic heterocycles. The van der Waals surface area contributed by atoms with E-state index in [-0.39, 0.29) is 6.03 Å². The Hall–Kier alpha value is -2.22. The molecule has 0 radical (unpaired) electrons. The summed E-state index contributed by atoms with van der Waals surface area (Å²) in [6.07, 6.45) is 3.41. The summed E-state index contributed by atoms with van der Waals surface area (Å²) in [5.74, 6) is 0.732. The van der Waals surface area contributed by atoms with Gasteiger partial charge in [0.2, 0.25) is 0 Å². The van der Waals surface area contributed by atoms with Crippen molar-refractivity contribution in [2.75, 3.05) is 12.4 Å². The zero-order chi connectivity index (χ0) is 13.7. The molecular weight excluding hydrogens is 242 g/mol. The van der Waals surface area contributed by atoms with Crippen molar-refractivity contribution in [3.8, 4) is 11.8 Å². The third-order valence-electron chi connectivity index (χ3n) is 3.37. The first-order chi connectivity index (χ1) is 9.17. The second kappa shape index (κ2) is 5.61. The Labute approximate surface area is 112 Å². The highest BCUT2D eigenvalue weighted by Crippen LogP contribution is 2.29. The minimum atomic E-state index is -0.698. The van der Waals surface area contributed by atoms with Crippen molar-refractivity contribution < 1.29 is 9.53 Å². The van der Waals surface area contributed by atoms with Crippen molar-refractivity contribution in [3.05, 3.63) is 24.3 Å². The van der Waals surface area contributed by atoms with Gasteiger partial charge in [0.1, 0.15) is 11.3 Å². The predicted octanol–water partition coefficient (Wildman–Crippen LogP) is 2.65. The van der Waals surface area contributed by atoms with E-state index in [1.54, 1.807) is 31.4 Å². The Morgan fingerprint density at radius 1 is 1.32 bits per heavy atom. The molecule has 5 heteroatoms. The van der Waals surface area contributed by atoms with Crippen LogP contribution in [0.25, 0.3) is 0 Å². The highest BCUT2D eigenvalue weighted by molar-refractivity contribution is 5.90. The van der Waals surface area contributed by atoms with Crippen LogP contribution in [0, 0.1) is 11.3 Å². The first-order valence-corrected chi connectivity index (χ1v) is 6.32. The number of nitrogens with one attached hydrogen (secondary N) is 2. The van der Waals surface area contributed by atoms with Gasteiger partial charge in [0.15, 0.2) is 0 Å². The van der Waals surface area contributed by atoms with E-state index >= 15 is 0 Å². The fraction of sp³-hybridized carbons (Fsp3) is 0.429. The maximum Gasteiger partial charge on any atom is 0.320 e. The quantitative estimate of drug-likeness (QED) is 0.876. The maximum atomic E-state index is 11.9. The van der Waals surface area contributed by atoms with Crippen LogP contribution in [0.15, 0.2) is 24.3 Å². The van der Waals surface area contributed by atoms with Crippen molar-refractivity contribution in [1.82, 2.24) is 5.32 Å². The van der Waals surface area contributed by atoms with Gasteiger partial charge in [0, 0.05) is 5.69 Å². The van der Waals surface area contributed by atoms with Gasteiger partial charge in [-0.25, -0.2) is 4.79 Å². The van der Waals surface area contributed by atoms with E-state index in [0.717, 1.165) is 31.4 Å². The van der Waals surface area contributed by atoms with Crippen LogP contribution < -0.4 is 15.4 Å². The molecule has 2 N–H and O–H groups in total. The van der Waals surface area contributed by atoms with Crippen LogP contribution >= 0.6 is 0 Å². The van der Waals surface area contributed by atoms with Gasteiger partial charge in [0.05, 0.1) is 13.2 Å². The zero-order valence-corrected chi connectivity index (χ0v) is 10.9. The first-order valence-electron chi connectivity index (χ1n) is 6.32. The van der Waals surface area contributed by atoms with Gasteiger partial charge >= 0.3 is 6.03 Å². The molecule has 19 heavy (non-hydrogen) atoms. The fourth-order valence-electron chi connectivity index (χ4n) is 2.30. The molecule has 1 aliphatic rings. The van der Waals surface area contributed by atoms with E-state index in [1.165, 1.54) is 0 Å². The third-order valence-corrected chi connectivity index (χ3v) is 3.37. The molecule has 1 fully saturated rings. The molecule has 1 aromatic rings. The van der Waals surface area contributed by atoms with E-state index in [1.807, 2.05) is 0 Å². The van der Waals surface area contributed by atoms with Crippen molar-refractivity contribution >= 4 is 11.7 Å². The van der Waals surface area contributed by atoms with E-state index in [2.05, 4.69) is 16.7 Å². The maximum absolute atomic E-state index is 11.9. The second-order valence-electron chi connectivity index (χ2n) is 4.71. The molecule has 1 aliphatic carbocycles. The number of hydrogen-bond acceptors (Lipinski definition) is 3. The lowest BCUT2D eigenvalue weighted by Crippen LogP contribution is -2.47. The number of benzene rings is 1. The monoisotopic (exact) mass is 259 g/mol. The van der Waals surface area contributed by atoms with E-state index < -0.39 is 5.54 Å². The Morgan fingerprint density at radius 2 is 1.95 bits per heavy atom. The summed E-state index contributed by atoms with van der Waals surface area (Å²) in [6.45, 7) is 0. The number of amides is 2. The molecule has 5 nitrogen and oxygen atoms in total. The van der Waals surface area contributed by atoms with Gasteiger partial charge in [-0.2, -0.15) is 5.26 Å². The lowest BCUT2D eigenvalue weighted by Gasteiger charge is -2.22. The summed E-state index contributed by atoms with van der Waals surface area (Å²) in [6, 6.07) is 8.93. The number of nitrogens with zero attached hydrogens (tertiary/aromatic N) is 1. The average Bonchev–Trinajstić information content (AvgIpc) is 2.88. The van der Waals surface area contributed by atoms with Crippen molar-refractivity contribution in [2.45, 2.75) is 31.2 Å². The van der Waals surface area contributed by atoms with Gasteiger partial charge < -0.3 is 15.4 Å². The van der Waals surface area contributed by atoms with Crippen LogP contribution in [0.3, 0.4) is 0 Å². The van der Waals surface area contributed by atoms with Gasteiger partial charge in [-0.1, -0.05) is 0 Å². The number of carbonyl (C=O) groups is 1. The average molecular weight is 259 g/mol. The Kier molecular flexibility index (Phi) is 3.91.